The van der Waals surface area contributed by atoms with E-state index in [9.17, 15) is 4.79 Å². The molecule has 4 aromatic rings. The lowest BCUT2D eigenvalue weighted by Crippen LogP contribution is -1.96. The predicted octanol–water partition coefficient (Wildman–Crippen LogP) is 6.91. The first-order chi connectivity index (χ1) is 14.8. The monoisotopic (exact) mass is 390 g/mol. The lowest BCUT2D eigenvalue weighted by Gasteiger charge is -2.07. The molecular weight excluding hydrogens is 368 g/mol. The molecule has 3 heteroatoms. The summed E-state index contributed by atoms with van der Waals surface area (Å²) in [5, 5.41) is 6.49. The molecule has 0 aliphatic carbocycles. The third kappa shape index (κ3) is 5.03. The van der Waals surface area contributed by atoms with Gasteiger partial charge >= 0.3 is 0 Å². The van der Waals surface area contributed by atoms with Crippen LogP contribution in [0.3, 0.4) is 0 Å². The molecule has 0 radical (unpaired) electrons. The molecule has 0 aliphatic rings. The van der Waals surface area contributed by atoms with Crippen molar-refractivity contribution in [1.29, 1.82) is 0 Å². The summed E-state index contributed by atoms with van der Waals surface area (Å²) in [4.78, 5) is 12.4. The van der Waals surface area contributed by atoms with Gasteiger partial charge < -0.3 is 10.6 Å². The van der Waals surface area contributed by atoms with Crippen molar-refractivity contribution in [1.82, 2.24) is 0 Å². The summed E-state index contributed by atoms with van der Waals surface area (Å²) in [5.41, 5.74) is 5.86. The van der Waals surface area contributed by atoms with Crippen molar-refractivity contribution < 1.29 is 4.79 Å². The minimum absolute atomic E-state index is 0.0375. The first-order valence-electron chi connectivity index (χ1n) is 9.83. The van der Waals surface area contributed by atoms with Crippen molar-refractivity contribution in [3.8, 4) is 11.1 Å². The Morgan fingerprint density at radius 2 is 1.10 bits per heavy atom. The Morgan fingerprint density at radius 1 is 0.567 bits per heavy atom. The summed E-state index contributed by atoms with van der Waals surface area (Å²) < 4.78 is 0. The molecule has 4 aromatic carbocycles. The summed E-state index contributed by atoms with van der Waals surface area (Å²) in [6, 6.07) is 35.7. The highest BCUT2D eigenvalue weighted by atomic mass is 16.1. The molecule has 0 spiro atoms. The van der Waals surface area contributed by atoms with E-state index in [1.54, 1.807) is 12.3 Å². The Labute approximate surface area is 176 Å². The van der Waals surface area contributed by atoms with Gasteiger partial charge in [-0.25, -0.2) is 0 Å². The van der Waals surface area contributed by atoms with Gasteiger partial charge in [0.15, 0.2) is 5.78 Å². The lowest BCUT2D eigenvalue weighted by molar-refractivity contribution is 0.104. The number of anilines is 3. The number of nitrogens with one attached hydrogen (secondary N) is 2. The maximum Gasteiger partial charge on any atom is 0.187 e. The summed E-state index contributed by atoms with van der Waals surface area (Å²) in [6.45, 7) is 0. The van der Waals surface area contributed by atoms with Gasteiger partial charge in [-0.3, -0.25) is 4.79 Å². The fourth-order valence-electron chi connectivity index (χ4n) is 3.11. The van der Waals surface area contributed by atoms with E-state index in [0.29, 0.717) is 5.56 Å². The molecule has 0 saturated heterocycles. The topological polar surface area (TPSA) is 41.1 Å². The van der Waals surface area contributed by atoms with E-state index in [0.717, 1.165) is 28.2 Å². The normalized spacial score (nSPS) is 10.7. The van der Waals surface area contributed by atoms with Gasteiger partial charge in [-0.05, 0) is 47.5 Å². The summed E-state index contributed by atoms with van der Waals surface area (Å²) in [6.07, 6.45) is 3.22. The van der Waals surface area contributed by atoms with Crippen molar-refractivity contribution in [3.05, 3.63) is 127 Å². The van der Waals surface area contributed by atoms with Crippen molar-refractivity contribution in [2.75, 3.05) is 10.6 Å². The lowest BCUT2D eigenvalue weighted by atomic mass is 10.0. The molecule has 0 bridgehead atoms. The van der Waals surface area contributed by atoms with E-state index in [-0.39, 0.29) is 5.78 Å². The van der Waals surface area contributed by atoms with E-state index in [1.807, 2.05) is 97.1 Å². The zero-order chi connectivity index (χ0) is 20.6. The van der Waals surface area contributed by atoms with Crippen LogP contribution in [0, 0.1) is 0 Å². The molecule has 0 saturated carbocycles. The molecular formula is C27H22N2O. The van der Waals surface area contributed by atoms with Crippen LogP contribution < -0.4 is 10.6 Å². The number of allylic oxidation sites excluding steroid dienone is 1. The Bertz CT molecular complexity index is 1120. The van der Waals surface area contributed by atoms with Gasteiger partial charge in [-0.15, -0.1) is 0 Å². The van der Waals surface area contributed by atoms with Gasteiger partial charge in [0, 0.05) is 34.9 Å². The molecule has 0 unspecified atom stereocenters. The van der Waals surface area contributed by atoms with Gasteiger partial charge in [0.2, 0.25) is 0 Å². The van der Waals surface area contributed by atoms with Crippen LogP contribution in [-0.2, 0) is 0 Å². The summed E-state index contributed by atoms with van der Waals surface area (Å²) >= 11 is 0. The second-order valence-corrected chi connectivity index (χ2v) is 6.85. The number of carbonyl (C=O) groups excluding carboxylic acids is 1. The zero-order valence-corrected chi connectivity index (χ0v) is 16.5. The molecule has 0 aliphatic heterocycles. The van der Waals surface area contributed by atoms with E-state index in [4.69, 9.17) is 0 Å². The maximum atomic E-state index is 12.4. The second-order valence-electron chi connectivity index (χ2n) is 6.85. The quantitative estimate of drug-likeness (QED) is 0.266. The largest absolute Gasteiger partial charge is 0.362 e. The fraction of sp³-hybridized carbons (Fsp3) is 0. The van der Waals surface area contributed by atoms with E-state index >= 15 is 0 Å². The average Bonchev–Trinajstić information content (AvgIpc) is 2.81. The Morgan fingerprint density at radius 3 is 1.77 bits per heavy atom. The summed E-state index contributed by atoms with van der Waals surface area (Å²) in [5.74, 6) is -0.0375. The first-order valence-corrected chi connectivity index (χ1v) is 9.83. The highest BCUT2D eigenvalue weighted by molar-refractivity contribution is 6.04. The van der Waals surface area contributed by atoms with Crippen molar-refractivity contribution in [2.24, 2.45) is 0 Å². The van der Waals surface area contributed by atoms with Crippen molar-refractivity contribution in [3.63, 3.8) is 0 Å². The third-order valence-electron chi connectivity index (χ3n) is 4.71. The van der Waals surface area contributed by atoms with Crippen molar-refractivity contribution in [2.45, 2.75) is 0 Å². The molecule has 0 aromatic heterocycles. The van der Waals surface area contributed by atoms with Gasteiger partial charge in [0.05, 0.1) is 0 Å². The number of hydrogen-bond donors (Lipinski definition) is 2. The highest BCUT2D eigenvalue weighted by Gasteiger charge is 2.03. The second kappa shape index (κ2) is 9.39. The standard InChI is InChI=1S/C27H22N2O/c30-27(23-13-11-22(12-14-23)21-7-3-1-4-8-21)19-20-28-24-15-17-26(18-16-24)29-25-9-5-2-6-10-25/h1-20,28-29H/b20-19+. The number of carbonyl (C=O) groups is 1. The smallest absolute Gasteiger partial charge is 0.187 e. The van der Waals surface area contributed by atoms with Crippen LogP contribution in [0.4, 0.5) is 17.1 Å². The van der Waals surface area contributed by atoms with E-state index < -0.39 is 0 Å². The molecule has 2 N–H and O–H groups in total. The fourth-order valence-corrected chi connectivity index (χ4v) is 3.11. The van der Waals surface area contributed by atoms with Gasteiger partial charge in [-0.1, -0.05) is 72.8 Å². The van der Waals surface area contributed by atoms with Crippen LogP contribution in [0.5, 0.6) is 0 Å². The maximum absolute atomic E-state index is 12.4. The Hall–Kier alpha value is -4.11. The van der Waals surface area contributed by atoms with Gasteiger partial charge in [0.25, 0.3) is 0 Å². The van der Waals surface area contributed by atoms with Crippen LogP contribution in [0.1, 0.15) is 10.4 Å². The number of benzene rings is 4. The number of hydrogen-bond acceptors (Lipinski definition) is 3. The SMILES string of the molecule is O=C(/C=C/Nc1ccc(Nc2ccccc2)cc1)c1ccc(-c2ccccc2)cc1. The van der Waals surface area contributed by atoms with Crippen molar-refractivity contribution >= 4 is 22.8 Å². The molecule has 4 rings (SSSR count). The van der Waals surface area contributed by atoms with Gasteiger partial charge in [-0.2, -0.15) is 0 Å². The van der Waals surface area contributed by atoms with Crippen LogP contribution in [-0.4, -0.2) is 5.78 Å². The first kappa shape index (κ1) is 19.2. The average molecular weight is 390 g/mol. The third-order valence-corrected chi connectivity index (χ3v) is 4.71. The zero-order valence-electron chi connectivity index (χ0n) is 16.5. The van der Waals surface area contributed by atoms with Crippen LogP contribution in [0.25, 0.3) is 11.1 Å². The minimum atomic E-state index is -0.0375. The highest BCUT2D eigenvalue weighted by Crippen LogP contribution is 2.20. The molecule has 0 heterocycles. The molecule has 0 fully saturated rings. The Kier molecular flexibility index (Phi) is 6.02. The minimum Gasteiger partial charge on any atom is -0.362 e. The Balaban J connectivity index is 1.33. The summed E-state index contributed by atoms with van der Waals surface area (Å²) in [7, 11) is 0. The van der Waals surface area contributed by atoms with Gasteiger partial charge in [0.1, 0.15) is 0 Å². The number of ketones is 1. The number of rotatable bonds is 7. The predicted molar refractivity (Wildman–Crippen MR) is 125 cm³/mol. The van der Waals surface area contributed by atoms with Crippen LogP contribution in [0.15, 0.2) is 121 Å². The van der Waals surface area contributed by atoms with Crippen LogP contribution in [0.2, 0.25) is 0 Å². The molecule has 146 valence electrons. The van der Waals surface area contributed by atoms with E-state index in [2.05, 4.69) is 22.8 Å². The molecule has 3 nitrogen and oxygen atoms in total. The number of para-hydroxylation sites is 1. The van der Waals surface area contributed by atoms with Crippen LogP contribution >= 0.6 is 0 Å². The molecule has 0 atom stereocenters. The molecule has 30 heavy (non-hydrogen) atoms. The van der Waals surface area contributed by atoms with E-state index in [1.165, 1.54) is 0 Å². The molecule has 0 amide bonds.